The molecule has 1 aliphatic heterocycles. The van der Waals surface area contributed by atoms with E-state index in [1.807, 2.05) is 0 Å². The van der Waals surface area contributed by atoms with Gasteiger partial charge in [0.25, 0.3) is 0 Å². The van der Waals surface area contributed by atoms with Gasteiger partial charge in [-0.25, -0.2) is 0 Å². The molecule has 0 saturated carbocycles. The Hall–Kier alpha value is -0.260. The minimum absolute atomic E-state index is 0. The van der Waals surface area contributed by atoms with Gasteiger partial charge in [0, 0.05) is 42.8 Å². The lowest BCUT2D eigenvalue weighted by Crippen LogP contribution is -2.45. The van der Waals surface area contributed by atoms with E-state index in [4.69, 9.17) is 23.2 Å². The van der Waals surface area contributed by atoms with Crippen LogP contribution in [0.25, 0.3) is 0 Å². The van der Waals surface area contributed by atoms with Gasteiger partial charge in [-0.05, 0) is 18.6 Å². The molecule has 1 aliphatic rings. The van der Waals surface area contributed by atoms with Gasteiger partial charge in [-0.1, -0.05) is 23.2 Å². The summed E-state index contributed by atoms with van der Waals surface area (Å²) in [6.07, 6.45) is 0.314. The zero-order valence-electron chi connectivity index (χ0n) is 10.9. The summed E-state index contributed by atoms with van der Waals surface area (Å²) in [5.74, 6) is 0.0366. The minimum Gasteiger partial charge on any atom is -0.508 e. The molecule has 0 radical (unpaired) electrons. The van der Waals surface area contributed by atoms with Crippen LogP contribution in [-0.4, -0.2) is 42.9 Å². The average Bonchev–Trinajstić information content (AvgIpc) is 2.37. The summed E-state index contributed by atoms with van der Waals surface area (Å²) < 4.78 is 12.8. The molecule has 0 amide bonds. The Balaban J connectivity index is 0.00000200. The van der Waals surface area contributed by atoms with Gasteiger partial charge in [0.15, 0.2) is 0 Å². The highest BCUT2D eigenvalue weighted by molar-refractivity contribution is 6.35. The van der Waals surface area contributed by atoms with Crippen molar-refractivity contribution in [1.29, 1.82) is 0 Å². The summed E-state index contributed by atoms with van der Waals surface area (Å²) in [5, 5.41) is 14.1. The Morgan fingerprint density at radius 1 is 1.30 bits per heavy atom. The quantitative estimate of drug-likeness (QED) is 0.879. The van der Waals surface area contributed by atoms with Crippen LogP contribution < -0.4 is 5.32 Å². The first-order valence-electron chi connectivity index (χ1n) is 6.32. The van der Waals surface area contributed by atoms with E-state index in [0.29, 0.717) is 22.0 Å². The molecule has 1 aromatic carbocycles. The topological polar surface area (TPSA) is 35.5 Å². The van der Waals surface area contributed by atoms with Crippen LogP contribution in [0, 0.1) is 0 Å². The predicted molar refractivity (Wildman–Crippen MR) is 83.2 cm³/mol. The highest BCUT2D eigenvalue weighted by Gasteiger charge is 2.26. The third-order valence-electron chi connectivity index (χ3n) is 3.38. The predicted octanol–water partition coefficient (Wildman–Crippen LogP) is 3.43. The molecule has 0 spiro atoms. The summed E-state index contributed by atoms with van der Waals surface area (Å²) in [7, 11) is 0. The van der Waals surface area contributed by atoms with E-state index in [9.17, 15) is 9.50 Å². The third-order valence-corrected chi connectivity index (χ3v) is 3.91. The second-order valence-corrected chi connectivity index (χ2v) is 5.44. The van der Waals surface area contributed by atoms with Crippen LogP contribution in [0.2, 0.25) is 10.0 Å². The number of hydrogen-bond acceptors (Lipinski definition) is 3. The lowest BCUT2D eigenvalue weighted by Gasteiger charge is -2.35. The molecule has 1 heterocycles. The standard InChI is InChI=1S/C13H17Cl2FN2O.ClH/c14-9-7-10(15)13(12(19)8-9)11(1-2-16)18-5-3-17-4-6-18;/h7-8,11,17,19H,1-6H2;1H/t11-;/m1./s1. The number of rotatable bonds is 4. The second kappa shape index (κ2) is 8.25. The van der Waals surface area contributed by atoms with Gasteiger partial charge in [-0.3, -0.25) is 9.29 Å². The first kappa shape index (κ1) is 17.8. The Labute approximate surface area is 134 Å². The van der Waals surface area contributed by atoms with Crippen molar-refractivity contribution in [2.24, 2.45) is 0 Å². The molecule has 0 bridgehead atoms. The molecule has 2 N–H and O–H groups in total. The number of alkyl halides is 1. The molecule has 0 aromatic heterocycles. The van der Waals surface area contributed by atoms with Crippen molar-refractivity contribution in [1.82, 2.24) is 10.2 Å². The molecule has 3 nitrogen and oxygen atoms in total. The first-order valence-corrected chi connectivity index (χ1v) is 7.07. The summed E-state index contributed by atoms with van der Waals surface area (Å²) in [5.41, 5.74) is 0.575. The molecule has 1 fully saturated rings. The maximum absolute atomic E-state index is 12.8. The normalized spacial score (nSPS) is 17.6. The van der Waals surface area contributed by atoms with Gasteiger partial charge in [0.05, 0.1) is 11.7 Å². The molecular formula is C13H18Cl3FN2O. The van der Waals surface area contributed by atoms with Crippen LogP contribution in [0.15, 0.2) is 12.1 Å². The fourth-order valence-electron chi connectivity index (χ4n) is 2.51. The Bertz CT molecular complexity index is 419. The number of phenols is 1. The van der Waals surface area contributed by atoms with Gasteiger partial charge < -0.3 is 10.4 Å². The van der Waals surface area contributed by atoms with E-state index in [1.165, 1.54) is 6.07 Å². The summed E-state index contributed by atoms with van der Waals surface area (Å²) in [6.45, 7) is 2.88. The molecule has 7 heteroatoms. The van der Waals surface area contributed by atoms with Crippen LogP contribution in [0.5, 0.6) is 5.75 Å². The van der Waals surface area contributed by atoms with Gasteiger partial charge in [-0.2, -0.15) is 0 Å². The molecule has 0 unspecified atom stereocenters. The number of nitrogens with zero attached hydrogens (tertiary/aromatic N) is 1. The first-order chi connectivity index (χ1) is 9.13. The lowest BCUT2D eigenvalue weighted by atomic mass is 10.0. The monoisotopic (exact) mass is 342 g/mol. The lowest BCUT2D eigenvalue weighted by molar-refractivity contribution is 0.155. The zero-order chi connectivity index (χ0) is 13.8. The highest BCUT2D eigenvalue weighted by atomic mass is 35.5. The summed E-state index contributed by atoms with van der Waals surface area (Å²) in [6, 6.07) is 2.83. The fourth-order valence-corrected chi connectivity index (χ4v) is 3.12. The van der Waals surface area contributed by atoms with Crippen LogP contribution >= 0.6 is 35.6 Å². The van der Waals surface area contributed by atoms with Crippen molar-refractivity contribution in [3.63, 3.8) is 0 Å². The van der Waals surface area contributed by atoms with E-state index >= 15 is 0 Å². The number of piperazine rings is 1. The van der Waals surface area contributed by atoms with E-state index in [2.05, 4.69) is 10.2 Å². The maximum Gasteiger partial charge on any atom is 0.123 e. The SMILES string of the molecule is Cl.Oc1cc(Cl)cc(Cl)c1[C@@H](CCF)N1CCNCC1. The largest absolute Gasteiger partial charge is 0.508 e. The highest BCUT2D eigenvalue weighted by Crippen LogP contribution is 2.39. The molecular weight excluding hydrogens is 326 g/mol. The number of nitrogens with one attached hydrogen (secondary N) is 1. The average molecular weight is 344 g/mol. The van der Waals surface area contributed by atoms with E-state index in [1.54, 1.807) is 6.07 Å². The van der Waals surface area contributed by atoms with Gasteiger partial charge in [0.2, 0.25) is 0 Å². The molecule has 1 saturated heterocycles. The molecule has 1 aromatic rings. The molecule has 0 aliphatic carbocycles. The van der Waals surface area contributed by atoms with E-state index in [0.717, 1.165) is 26.2 Å². The zero-order valence-corrected chi connectivity index (χ0v) is 13.2. The Kier molecular flexibility index (Phi) is 7.34. The van der Waals surface area contributed by atoms with Crippen molar-refractivity contribution >= 4 is 35.6 Å². The number of aromatic hydroxyl groups is 1. The van der Waals surface area contributed by atoms with Crippen LogP contribution in [0.1, 0.15) is 18.0 Å². The van der Waals surface area contributed by atoms with Gasteiger partial charge in [0.1, 0.15) is 5.75 Å². The number of halogens is 4. The van der Waals surface area contributed by atoms with Crippen LogP contribution in [0.4, 0.5) is 4.39 Å². The molecule has 114 valence electrons. The maximum atomic E-state index is 12.8. The van der Waals surface area contributed by atoms with Crippen molar-refractivity contribution in [3.8, 4) is 5.75 Å². The van der Waals surface area contributed by atoms with Crippen molar-refractivity contribution in [3.05, 3.63) is 27.7 Å². The molecule has 1 atom stereocenters. The number of benzene rings is 1. The van der Waals surface area contributed by atoms with E-state index < -0.39 is 6.67 Å². The Morgan fingerprint density at radius 2 is 1.95 bits per heavy atom. The summed E-state index contributed by atoms with van der Waals surface area (Å²) >= 11 is 12.0. The number of hydrogen-bond donors (Lipinski definition) is 2. The van der Waals surface area contributed by atoms with Gasteiger partial charge >= 0.3 is 0 Å². The smallest absolute Gasteiger partial charge is 0.123 e. The number of phenolic OH excluding ortho intramolecular Hbond substituents is 1. The summed E-state index contributed by atoms with van der Waals surface area (Å²) in [4.78, 5) is 2.14. The fraction of sp³-hybridized carbons (Fsp3) is 0.538. The van der Waals surface area contributed by atoms with Crippen molar-refractivity contribution in [2.45, 2.75) is 12.5 Å². The third kappa shape index (κ3) is 4.12. The van der Waals surface area contributed by atoms with Crippen molar-refractivity contribution < 1.29 is 9.50 Å². The van der Waals surface area contributed by atoms with E-state index in [-0.39, 0.29) is 24.2 Å². The van der Waals surface area contributed by atoms with Gasteiger partial charge in [-0.15, -0.1) is 12.4 Å². The Morgan fingerprint density at radius 3 is 2.50 bits per heavy atom. The molecule has 2 rings (SSSR count). The van der Waals surface area contributed by atoms with Crippen molar-refractivity contribution in [2.75, 3.05) is 32.9 Å². The second-order valence-electron chi connectivity index (χ2n) is 4.60. The minimum atomic E-state index is -0.451. The van der Waals surface area contributed by atoms with Crippen LogP contribution in [-0.2, 0) is 0 Å². The molecule has 20 heavy (non-hydrogen) atoms. The van der Waals surface area contributed by atoms with Crippen LogP contribution in [0.3, 0.4) is 0 Å².